The van der Waals surface area contributed by atoms with E-state index in [0.29, 0.717) is 32.0 Å². The van der Waals surface area contributed by atoms with Crippen molar-refractivity contribution in [1.29, 1.82) is 0 Å². The van der Waals surface area contributed by atoms with Crippen molar-refractivity contribution in [2.24, 2.45) is 17.8 Å². The molecule has 2 rings (SSSR count). The van der Waals surface area contributed by atoms with Crippen LogP contribution < -0.4 is 0 Å². The Labute approximate surface area is 112 Å². The molecule has 0 aromatic carbocycles. The molecule has 0 aromatic heterocycles. The Balaban J connectivity index is 1.74. The van der Waals surface area contributed by atoms with E-state index < -0.39 is 12.1 Å². The molecule has 0 aromatic rings. The molecule has 19 heavy (non-hydrogen) atoms. The van der Waals surface area contributed by atoms with Crippen LogP contribution in [-0.2, 0) is 9.47 Å². The minimum atomic E-state index is -4.04. The molecule has 1 heterocycles. The summed E-state index contributed by atoms with van der Waals surface area (Å²) in [6.45, 7) is 3.51. The van der Waals surface area contributed by atoms with Crippen LogP contribution in [0.15, 0.2) is 0 Å². The number of alkyl halides is 3. The Morgan fingerprint density at radius 2 is 1.58 bits per heavy atom. The van der Waals surface area contributed by atoms with Crippen LogP contribution in [0.4, 0.5) is 13.2 Å². The molecule has 0 amide bonds. The van der Waals surface area contributed by atoms with Crippen molar-refractivity contribution in [3.8, 4) is 0 Å². The molecule has 0 spiro atoms. The Hall–Kier alpha value is -0.290. The van der Waals surface area contributed by atoms with E-state index in [1.165, 1.54) is 0 Å². The summed E-state index contributed by atoms with van der Waals surface area (Å²) in [4.78, 5) is 0. The van der Waals surface area contributed by atoms with Gasteiger partial charge in [0.25, 0.3) is 0 Å². The molecule has 5 heteroatoms. The fraction of sp³-hybridized carbons (Fsp3) is 1.00. The van der Waals surface area contributed by atoms with Crippen molar-refractivity contribution in [1.82, 2.24) is 0 Å². The normalized spacial score (nSPS) is 37.3. The number of halogens is 3. The van der Waals surface area contributed by atoms with Crippen molar-refractivity contribution in [2.75, 3.05) is 13.2 Å². The highest BCUT2D eigenvalue weighted by molar-refractivity contribution is 4.80. The highest BCUT2D eigenvalue weighted by Crippen LogP contribution is 2.41. The Morgan fingerprint density at radius 1 is 1.00 bits per heavy atom. The Morgan fingerprint density at radius 3 is 2.05 bits per heavy atom. The smallest absolute Gasteiger partial charge is 0.352 e. The van der Waals surface area contributed by atoms with Crippen LogP contribution in [0.5, 0.6) is 0 Å². The minimum Gasteiger partial charge on any atom is -0.352 e. The molecule has 0 unspecified atom stereocenters. The average Bonchev–Trinajstić information content (AvgIpc) is 2.39. The third kappa shape index (κ3) is 4.09. The van der Waals surface area contributed by atoms with Gasteiger partial charge >= 0.3 is 6.18 Å². The summed E-state index contributed by atoms with van der Waals surface area (Å²) in [6.07, 6.45) is -0.550. The SMILES string of the molecule is CCC[C@H]1CO[C@H](C2CCC(C(F)(F)F)CC2)OC1. The second kappa shape index (κ2) is 6.44. The van der Waals surface area contributed by atoms with E-state index in [2.05, 4.69) is 6.92 Å². The fourth-order valence-corrected chi connectivity index (χ4v) is 3.12. The predicted molar refractivity (Wildman–Crippen MR) is 65.6 cm³/mol. The van der Waals surface area contributed by atoms with Crippen LogP contribution in [0.25, 0.3) is 0 Å². The minimum absolute atomic E-state index is 0.140. The van der Waals surface area contributed by atoms with Gasteiger partial charge in [0.15, 0.2) is 6.29 Å². The monoisotopic (exact) mass is 280 g/mol. The van der Waals surface area contributed by atoms with Crippen LogP contribution in [-0.4, -0.2) is 25.7 Å². The molecule has 2 aliphatic rings. The Kier molecular flexibility index (Phi) is 5.12. The third-order valence-corrected chi connectivity index (χ3v) is 4.31. The first-order valence-corrected chi connectivity index (χ1v) is 7.30. The topological polar surface area (TPSA) is 18.5 Å². The van der Waals surface area contributed by atoms with Gasteiger partial charge in [0, 0.05) is 11.8 Å². The van der Waals surface area contributed by atoms with Gasteiger partial charge in [0.05, 0.1) is 19.1 Å². The summed E-state index contributed by atoms with van der Waals surface area (Å²) in [6, 6.07) is 0. The van der Waals surface area contributed by atoms with Gasteiger partial charge in [0.1, 0.15) is 0 Å². The lowest BCUT2D eigenvalue weighted by molar-refractivity contribution is -0.238. The highest BCUT2D eigenvalue weighted by Gasteiger charge is 2.43. The molecule has 0 bridgehead atoms. The van der Waals surface area contributed by atoms with Gasteiger partial charge in [-0.05, 0) is 32.1 Å². The summed E-state index contributed by atoms with van der Waals surface area (Å²) in [5.74, 6) is -0.533. The lowest BCUT2D eigenvalue weighted by Crippen LogP contribution is -2.39. The second-order valence-electron chi connectivity index (χ2n) is 5.84. The van der Waals surface area contributed by atoms with E-state index in [9.17, 15) is 13.2 Å². The second-order valence-corrected chi connectivity index (χ2v) is 5.84. The first kappa shape index (κ1) is 15.1. The van der Waals surface area contributed by atoms with Crippen molar-refractivity contribution in [2.45, 2.75) is 57.9 Å². The summed E-state index contributed by atoms with van der Waals surface area (Å²) in [5.41, 5.74) is 0. The van der Waals surface area contributed by atoms with Crippen molar-refractivity contribution >= 4 is 0 Å². The van der Waals surface area contributed by atoms with E-state index in [-0.39, 0.29) is 25.0 Å². The van der Waals surface area contributed by atoms with Crippen LogP contribution >= 0.6 is 0 Å². The molecule has 2 nitrogen and oxygen atoms in total. The van der Waals surface area contributed by atoms with Gasteiger partial charge in [-0.25, -0.2) is 0 Å². The van der Waals surface area contributed by atoms with Gasteiger partial charge in [-0.1, -0.05) is 13.3 Å². The quantitative estimate of drug-likeness (QED) is 0.773. The molecule has 112 valence electrons. The standard InChI is InChI=1S/C14H23F3O2/c1-2-3-10-8-18-13(19-9-10)11-4-6-12(7-5-11)14(15,16)17/h10-13H,2-9H2,1H3/t10-,11?,12?,13-. The molecule has 0 atom stereocenters. The molecule has 1 aliphatic heterocycles. The largest absolute Gasteiger partial charge is 0.391 e. The lowest BCUT2D eigenvalue weighted by Gasteiger charge is -2.37. The average molecular weight is 280 g/mol. The number of rotatable bonds is 3. The molecule has 1 aliphatic carbocycles. The van der Waals surface area contributed by atoms with Crippen LogP contribution in [0.3, 0.4) is 0 Å². The maximum absolute atomic E-state index is 12.6. The zero-order valence-corrected chi connectivity index (χ0v) is 11.4. The predicted octanol–water partition coefficient (Wildman–Crippen LogP) is 4.14. The van der Waals surface area contributed by atoms with Gasteiger partial charge in [-0.15, -0.1) is 0 Å². The molecular formula is C14H23F3O2. The van der Waals surface area contributed by atoms with E-state index in [1.54, 1.807) is 0 Å². The van der Waals surface area contributed by atoms with E-state index in [1.807, 2.05) is 0 Å². The molecular weight excluding hydrogens is 257 g/mol. The third-order valence-electron chi connectivity index (χ3n) is 4.31. The van der Waals surface area contributed by atoms with Crippen molar-refractivity contribution in [3.05, 3.63) is 0 Å². The summed E-state index contributed by atoms with van der Waals surface area (Å²) in [7, 11) is 0. The van der Waals surface area contributed by atoms with E-state index >= 15 is 0 Å². The number of hydrogen-bond donors (Lipinski definition) is 0. The van der Waals surface area contributed by atoms with E-state index in [4.69, 9.17) is 9.47 Å². The van der Waals surface area contributed by atoms with Gasteiger partial charge < -0.3 is 9.47 Å². The first-order valence-electron chi connectivity index (χ1n) is 7.30. The summed E-state index contributed by atoms with van der Waals surface area (Å²) in [5, 5.41) is 0. The van der Waals surface area contributed by atoms with Gasteiger partial charge in [0.2, 0.25) is 0 Å². The highest BCUT2D eigenvalue weighted by atomic mass is 19.4. The van der Waals surface area contributed by atoms with Crippen LogP contribution in [0.2, 0.25) is 0 Å². The molecule has 2 fully saturated rings. The zero-order valence-electron chi connectivity index (χ0n) is 11.4. The molecule has 1 saturated carbocycles. The molecule has 1 saturated heterocycles. The Bertz CT molecular complexity index is 264. The van der Waals surface area contributed by atoms with Crippen molar-refractivity contribution < 1.29 is 22.6 Å². The molecule has 0 N–H and O–H groups in total. The van der Waals surface area contributed by atoms with Gasteiger partial charge in [-0.2, -0.15) is 13.2 Å². The molecule has 0 radical (unpaired) electrons. The first-order chi connectivity index (χ1) is 9.00. The summed E-state index contributed by atoms with van der Waals surface area (Å²) >= 11 is 0. The maximum atomic E-state index is 12.6. The lowest BCUT2D eigenvalue weighted by atomic mass is 9.81. The summed E-state index contributed by atoms with van der Waals surface area (Å²) < 4.78 is 49.2. The number of hydrogen-bond acceptors (Lipinski definition) is 2. The zero-order chi connectivity index (χ0) is 13.9. The fourth-order valence-electron chi connectivity index (χ4n) is 3.12. The van der Waals surface area contributed by atoms with E-state index in [0.717, 1.165) is 12.8 Å². The van der Waals surface area contributed by atoms with Crippen molar-refractivity contribution in [3.63, 3.8) is 0 Å². The number of ether oxygens (including phenoxy) is 2. The van der Waals surface area contributed by atoms with Crippen LogP contribution in [0, 0.1) is 17.8 Å². The maximum Gasteiger partial charge on any atom is 0.391 e. The van der Waals surface area contributed by atoms with Crippen LogP contribution in [0.1, 0.15) is 45.4 Å². The van der Waals surface area contributed by atoms with Gasteiger partial charge in [-0.3, -0.25) is 0 Å².